The normalized spacial score (nSPS) is 9.47. The molecule has 0 aliphatic carbocycles. The first-order valence-electron chi connectivity index (χ1n) is 4.91. The van der Waals surface area contributed by atoms with Crippen LogP contribution in [0.3, 0.4) is 0 Å². The van der Waals surface area contributed by atoms with Crippen molar-refractivity contribution in [1.29, 1.82) is 0 Å². The lowest BCUT2D eigenvalue weighted by Crippen LogP contribution is -2.29. The quantitative estimate of drug-likeness (QED) is 0.765. The minimum Gasteiger partial charge on any atom is -0.497 e. The molecule has 0 aliphatic heterocycles. The lowest BCUT2D eigenvalue weighted by Gasteiger charge is -2.06. The van der Waals surface area contributed by atoms with Crippen LogP contribution in [0.1, 0.15) is 6.92 Å². The molecule has 0 aliphatic rings. The van der Waals surface area contributed by atoms with E-state index in [0.717, 1.165) is 11.4 Å². The van der Waals surface area contributed by atoms with Crippen LogP contribution < -0.4 is 15.4 Å². The van der Waals surface area contributed by atoms with Crippen molar-refractivity contribution in [1.82, 2.24) is 5.32 Å². The highest BCUT2D eigenvalue weighted by Crippen LogP contribution is 2.14. The van der Waals surface area contributed by atoms with Crippen molar-refractivity contribution in [2.24, 2.45) is 0 Å². The van der Waals surface area contributed by atoms with Gasteiger partial charge in [-0.15, -0.1) is 0 Å². The summed E-state index contributed by atoms with van der Waals surface area (Å²) in [6.07, 6.45) is 0. The van der Waals surface area contributed by atoms with E-state index >= 15 is 0 Å². The van der Waals surface area contributed by atoms with E-state index in [1.165, 1.54) is 0 Å². The number of carbonyl (C=O) groups is 1. The number of hydrogen-bond acceptors (Lipinski definition) is 3. The predicted octanol–water partition coefficient (Wildman–Crippen LogP) is 1.24. The molecule has 0 aromatic heterocycles. The summed E-state index contributed by atoms with van der Waals surface area (Å²) in [4.78, 5) is 11.1. The largest absolute Gasteiger partial charge is 0.497 e. The Labute approximate surface area is 89.6 Å². The second kappa shape index (κ2) is 5.90. The molecule has 0 saturated heterocycles. The molecular formula is C11H16N2O2. The van der Waals surface area contributed by atoms with Gasteiger partial charge in [0.05, 0.1) is 13.7 Å². The summed E-state index contributed by atoms with van der Waals surface area (Å²) in [5.41, 5.74) is 0.905. The molecule has 0 spiro atoms. The van der Waals surface area contributed by atoms with Crippen molar-refractivity contribution >= 4 is 11.6 Å². The highest BCUT2D eigenvalue weighted by atomic mass is 16.5. The van der Waals surface area contributed by atoms with Crippen molar-refractivity contribution in [2.75, 3.05) is 25.5 Å². The van der Waals surface area contributed by atoms with Gasteiger partial charge >= 0.3 is 0 Å². The van der Waals surface area contributed by atoms with E-state index in [9.17, 15) is 4.79 Å². The molecule has 1 rings (SSSR count). The number of benzene rings is 1. The van der Waals surface area contributed by atoms with Crippen LogP contribution in [0.2, 0.25) is 0 Å². The number of methoxy groups -OCH3 is 1. The SMILES string of the molecule is CCNC(=O)CNc1ccc(OC)cc1. The van der Waals surface area contributed by atoms with Crippen LogP contribution >= 0.6 is 0 Å². The first kappa shape index (κ1) is 11.4. The van der Waals surface area contributed by atoms with Gasteiger partial charge in [0.25, 0.3) is 0 Å². The molecule has 82 valence electrons. The van der Waals surface area contributed by atoms with Crippen LogP contribution in [-0.4, -0.2) is 26.1 Å². The van der Waals surface area contributed by atoms with Gasteiger partial charge < -0.3 is 15.4 Å². The number of amides is 1. The molecule has 15 heavy (non-hydrogen) atoms. The first-order chi connectivity index (χ1) is 7.26. The number of likely N-dealkylation sites (N-methyl/N-ethyl adjacent to an activating group) is 1. The fourth-order valence-electron chi connectivity index (χ4n) is 1.15. The Kier molecular flexibility index (Phi) is 4.47. The van der Waals surface area contributed by atoms with Crippen molar-refractivity contribution in [3.63, 3.8) is 0 Å². The molecule has 1 amide bonds. The summed E-state index contributed by atoms with van der Waals surface area (Å²) >= 11 is 0. The third-order valence-corrected chi connectivity index (χ3v) is 1.92. The second-order valence-corrected chi connectivity index (χ2v) is 3.04. The summed E-state index contributed by atoms with van der Waals surface area (Å²) in [5.74, 6) is 0.798. The number of hydrogen-bond donors (Lipinski definition) is 2. The molecule has 0 bridgehead atoms. The van der Waals surface area contributed by atoms with Crippen LogP contribution in [0.15, 0.2) is 24.3 Å². The number of anilines is 1. The number of nitrogens with one attached hydrogen (secondary N) is 2. The summed E-state index contributed by atoms with van der Waals surface area (Å²) in [6.45, 7) is 2.84. The van der Waals surface area contributed by atoms with Gasteiger partial charge in [-0.05, 0) is 31.2 Å². The van der Waals surface area contributed by atoms with Crippen molar-refractivity contribution < 1.29 is 9.53 Å². The van der Waals surface area contributed by atoms with E-state index in [1.54, 1.807) is 7.11 Å². The molecule has 0 fully saturated rings. The first-order valence-corrected chi connectivity index (χ1v) is 4.91. The van der Waals surface area contributed by atoms with E-state index in [0.29, 0.717) is 13.1 Å². The van der Waals surface area contributed by atoms with Gasteiger partial charge in [0.1, 0.15) is 5.75 Å². The molecule has 2 N–H and O–H groups in total. The Balaban J connectivity index is 2.40. The van der Waals surface area contributed by atoms with Crippen molar-refractivity contribution in [3.8, 4) is 5.75 Å². The number of carbonyl (C=O) groups excluding carboxylic acids is 1. The third-order valence-electron chi connectivity index (χ3n) is 1.92. The summed E-state index contributed by atoms with van der Waals surface area (Å²) in [7, 11) is 1.62. The fourth-order valence-corrected chi connectivity index (χ4v) is 1.15. The molecule has 4 heteroatoms. The van der Waals surface area contributed by atoms with Crippen molar-refractivity contribution in [2.45, 2.75) is 6.92 Å². The van der Waals surface area contributed by atoms with Crippen molar-refractivity contribution in [3.05, 3.63) is 24.3 Å². The average Bonchev–Trinajstić information content (AvgIpc) is 2.27. The molecule has 0 unspecified atom stereocenters. The lowest BCUT2D eigenvalue weighted by molar-refractivity contribution is -0.119. The van der Waals surface area contributed by atoms with Gasteiger partial charge in [-0.25, -0.2) is 0 Å². The van der Waals surface area contributed by atoms with Crippen LogP contribution in [0, 0.1) is 0 Å². The van der Waals surface area contributed by atoms with E-state index in [1.807, 2.05) is 31.2 Å². The highest BCUT2D eigenvalue weighted by molar-refractivity contribution is 5.80. The molecule has 1 aromatic rings. The van der Waals surface area contributed by atoms with Gasteiger partial charge in [-0.2, -0.15) is 0 Å². The van der Waals surface area contributed by atoms with Crippen LogP contribution in [0.5, 0.6) is 5.75 Å². The Morgan fingerprint density at radius 3 is 2.53 bits per heavy atom. The molecule has 0 heterocycles. The molecular weight excluding hydrogens is 192 g/mol. The standard InChI is InChI=1S/C11H16N2O2/c1-3-12-11(14)8-13-9-4-6-10(15-2)7-5-9/h4-7,13H,3,8H2,1-2H3,(H,12,14). The number of rotatable bonds is 5. The van der Waals surface area contributed by atoms with Gasteiger partial charge in [0.2, 0.25) is 5.91 Å². The monoisotopic (exact) mass is 208 g/mol. The summed E-state index contributed by atoms with van der Waals surface area (Å²) < 4.78 is 5.03. The molecule has 1 aromatic carbocycles. The zero-order valence-electron chi connectivity index (χ0n) is 9.04. The Morgan fingerprint density at radius 2 is 2.00 bits per heavy atom. The zero-order chi connectivity index (χ0) is 11.1. The van der Waals surface area contributed by atoms with E-state index < -0.39 is 0 Å². The Bertz CT molecular complexity index is 309. The van der Waals surface area contributed by atoms with E-state index in [4.69, 9.17) is 4.74 Å². The minimum atomic E-state index is -0.00619. The lowest BCUT2D eigenvalue weighted by atomic mass is 10.3. The summed E-state index contributed by atoms with van der Waals surface area (Å²) in [6, 6.07) is 7.44. The zero-order valence-corrected chi connectivity index (χ0v) is 9.04. The van der Waals surface area contributed by atoms with Gasteiger partial charge in [-0.1, -0.05) is 0 Å². The van der Waals surface area contributed by atoms with Gasteiger partial charge in [0.15, 0.2) is 0 Å². The topological polar surface area (TPSA) is 50.4 Å². The van der Waals surface area contributed by atoms with E-state index in [2.05, 4.69) is 10.6 Å². The van der Waals surface area contributed by atoms with E-state index in [-0.39, 0.29) is 5.91 Å². The number of ether oxygens (including phenoxy) is 1. The fraction of sp³-hybridized carbons (Fsp3) is 0.364. The maximum atomic E-state index is 11.1. The predicted molar refractivity (Wildman–Crippen MR) is 60.2 cm³/mol. The summed E-state index contributed by atoms with van der Waals surface area (Å²) in [5, 5.41) is 5.73. The molecule has 4 nitrogen and oxygen atoms in total. The van der Waals surface area contributed by atoms with Crippen LogP contribution in [0.25, 0.3) is 0 Å². The average molecular weight is 208 g/mol. The molecule has 0 saturated carbocycles. The maximum Gasteiger partial charge on any atom is 0.239 e. The Hall–Kier alpha value is -1.71. The maximum absolute atomic E-state index is 11.1. The molecule has 0 radical (unpaired) electrons. The smallest absolute Gasteiger partial charge is 0.239 e. The van der Waals surface area contributed by atoms with Gasteiger partial charge in [0, 0.05) is 12.2 Å². The van der Waals surface area contributed by atoms with Gasteiger partial charge in [-0.3, -0.25) is 4.79 Å². The molecule has 0 atom stereocenters. The second-order valence-electron chi connectivity index (χ2n) is 3.04. The third kappa shape index (κ3) is 3.89. The highest BCUT2D eigenvalue weighted by Gasteiger charge is 1.98. The van der Waals surface area contributed by atoms with Crippen LogP contribution in [-0.2, 0) is 4.79 Å². The van der Waals surface area contributed by atoms with Crippen LogP contribution in [0.4, 0.5) is 5.69 Å². The Morgan fingerprint density at radius 1 is 1.33 bits per heavy atom. The minimum absolute atomic E-state index is 0.00619.